The molecule has 1 saturated heterocycles. The minimum Gasteiger partial charge on any atom is -0.371 e. The summed E-state index contributed by atoms with van der Waals surface area (Å²) in [5, 5.41) is 13.2. The zero-order valence-electron chi connectivity index (χ0n) is 20.6. The second-order valence-electron chi connectivity index (χ2n) is 9.16. The van der Waals surface area contributed by atoms with Crippen molar-refractivity contribution in [2.75, 3.05) is 29.6 Å². The molecule has 0 saturated carbocycles. The Balaban J connectivity index is 0.00000320. The Kier molecular flexibility index (Phi) is 8.06. The van der Waals surface area contributed by atoms with Crippen LogP contribution in [0.25, 0.3) is 23.1 Å². The van der Waals surface area contributed by atoms with Crippen LogP contribution in [-0.2, 0) is 9.84 Å². The van der Waals surface area contributed by atoms with Gasteiger partial charge < -0.3 is 10.2 Å². The number of thiophene rings is 1. The van der Waals surface area contributed by atoms with Crippen LogP contribution in [0.15, 0.2) is 53.9 Å². The van der Waals surface area contributed by atoms with Gasteiger partial charge in [-0.25, -0.2) is 8.42 Å². The summed E-state index contributed by atoms with van der Waals surface area (Å²) in [5.41, 5.74) is 5.28. The van der Waals surface area contributed by atoms with E-state index in [9.17, 15) is 13.2 Å². The Hall–Kier alpha value is -3.14. The van der Waals surface area contributed by atoms with Gasteiger partial charge in [0.2, 0.25) is 0 Å². The largest absolute Gasteiger partial charge is 0.371 e. The number of H-pyrrole nitrogens is 1. The van der Waals surface area contributed by atoms with Crippen molar-refractivity contribution in [3.05, 3.63) is 75.6 Å². The van der Waals surface area contributed by atoms with Crippen LogP contribution in [-0.4, -0.2) is 49.1 Å². The number of fused-ring (bicyclic) bond motifs is 1. The minimum atomic E-state index is -3.03. The van der Waals surface area contributed by atoms with Crippen LogP contribution in [0.3, 0.4) is 0 Å². The number of sulfone groups is 1. The second kappa shape index (κ2) is 11.1. The number of amides is 1. The molecule has 7 nitrogen and oxygen atoms in total. The summed E-state index contributed by atoms with van der Waals surface area (Å²) in [7, 11) is -3.03. The molecule has 2 N–H and O–H groups in total. The van der Waals surface area contributed by atoms with Crippen molar-refractivity contribution in [3.8, 4) is 0 Å². The summed E-state index contributed by atoms with van der Waals surface area (Å²) in [6.45, 7) is 3.27. The Bertz CT molecular complexity index is 1550. The van der Waals surface area contributed by atoms with Crippen LogP contribution in [0.5, 0.6) is 0 Å². The van der Waals surface area contributed by atoms with Crippen LogP contribution in [0.4, 0.5) is 11.4 Å². The topological polar surface area (TPSA) is 95.2 Å². The van der Waals surface area contributed by atoms with Gasteiger partial charge in [0.15, 0.2) is 0 Å². The van der Waals surface area contributed by atoms with Crippen molar-refractivity contribution < 1.29 is 13.2 Å². The molecular weight excluding hydrogens is 528 g/mol. The molecule has 3 heterocycles. The molecule has 0 radical (unpaired) electrons. The van der Waals surface area contributed by atoms with Crippen molar-refractivity contribution in [1.82, 2.24) is 10.2 Å². The zero-order chi connectivity index (χ0) is 25.3. The third-order valence-corrected chi connectivity index (χ3v) is 9.38. The third-order valence-electron chi connectivity index (χ3n) is 6.68. The smallest absolute Gasteiger partial charge is 0.266 e. The molecular formula is C27H29ClN4O3S2. The quantitative estimate of drug-likeness (QED) is 0.313. The predicted octanol–water partition coefficient (Wildman–Crippen LogP) is 5.79. The molecule has 0 unspecified atom stereocenters. The number of nitrogens with one attached hydrogen (secondary N) is 2. The van der Waals surface area contributed by atoms with Gasteiger partial charge in [0.05, 0.1) is 21.3 Å². The number of piperidine rings is 1. The first-order valence-corrected chi connectivity index (χ1v) is 14.7. The maximum absolute atomic E-state index is 13.0. The fraction of sp³-hybridized carbons (Fsp3) is 0.259. The number of aryl methyl sites for hydroxylation is 1. The Morgan fingerprint density at radius 3 is 2.59 bits per heavy atom. The number of aromatic amines is 1. The van der Waals surface area contributed by atoms with Gasteiger partial charge in [0.25, 0.3) is 5.91 Å². The van der Waals surface area contributed by atoms with Gasteiger partial charge in [-0.2, -0.15) is 5.10 Å². The van der Waals surface area contributed by atoms with Crippen molar-refractivity contribution in [1.29, 1.82) is 0 Å². The molecule has 10 heteroatoms. The number of nitrogens with zero attached hydrogens (tertiary/aromatic N) is 2. The molecule has 1 fully saturated rings. The summed E-state index contributed by atoms with van der Waals surface area (Å²) in [6.07, 6.45) is 6.45. The molecule has 2 aromatic carbocycles. The first-order chi connectivity index (χ1) is 17.3. The molecule has 1 aliphatic heterocycles. The van der Waals surface area contributed by atoms with Gasteiger partial charge in [0.1, 0.15) is 9.84 Å². The number of halogens is 1. The summed E-state index contributed by atoms with van der Waals surface area (Å²) in [6, 6.07) is 15.8. The fourth-order valence-electron chi connectivity index (χ4n) is 4.61. The molecule has 194 valence electrons. The van der Waals surface area contributed by atoms with E-state index in [4.69, 9.17) is 0 Å². The molecule has 5 rings (SSSR count). The van der Waals surface area contributed by atoms with Gasteiger partial charge >= 0.3 is 0 Å². The minimum absolute atomic E-state index is 0. The van der Waals surface area contributed by atoms with E-state index in [-0.39, 0.29) is 23.6 Å². The van der Waals surface area contributed by atoms with Gasteiger partial charge in [0, 0.05) is 41.7 Å². The molecule has 0 bridgehead atoms. The number of benzene rings is 2. The lowest BCUT2D eigenvalue weighted by atomic mass is 10.1. The summed E-state index contributed by atoms with van der Waals surface area (Å²) in [4.78, 5) is 15.9. The number of hydrogen-bond acceptors (Lipinski definition) is 6. The highest BCUT2D eigenvalue weighted by Gasteiger charge is 2.27. The lowest BCUT2D eigenvalue weighted by molar-refractivity contribution is 0.103. The zero-order valence-corrected chi connectivity index (χ0v) is 23.1. The van der Waals surface area contributed by atoms with E-state index >= 15 is 0 Å². The van der Waals surface area contributed by atoms with Gasteiger partial charge in [-0.05, 0) is 67.1 Å². The second-order valence-corrected chi connectivity index (χ2v) is 12.4. The van der Waals surface area contributed by atoms with Gasteiger partial charge in [-0.15, -0.1) is 23.7 Å². The third kappa shape index (κ3) is 5.89. The van der Waals surface area contributed by atoms with Crippen LogP contribution in [0.1, 0.15) is 39.3 Å². The van der Waals surface area contributed by atoms with Crippen molar-refractivity contribution in [3.63, 3.8) is 0 Å². The first kappa shape index (κ1) is 26.9. The number of aromatic nitrogens is 2. The van der Waals surface area contributed by atoms with E-state index in [1.54, 1.807) is 0 Å². The predicted molar refractivity (Wildman–Crippen MR) is 156 cm³/mol. The highest BCUT2D eigenvalue weighted by atomic mass is 35.5. The van der Waals surface area contributed by atoms with E-state index in [0.29, 0.717) is 36.5 Å². The van der Waals surface area contributed by atoms with Crippen molar-refractivity contribution in [2.45, 2.75) is 25.0 Å². The molecule has 1 aliphatic rings. The molecule has 37 heavy (non-hydrogen) atoms. The molecule has 0 aliphatic carbocycles. The number of rotatable bonds is 6. The molecule has 4 aromatic rings. The summed E-state index contributed by atoms with van der Waals surface area (Å²) >= 11 is 1.42. The van der Waals surface area contributed by atoms with Crippen molar-refractivity contribution >= 4 is 73.9 Å². The number of anilines is 2. The Labute approximate surface area is 226 Å². The first-order valence-electron chi connectivity index (χ1n) is 11.8. The van der Waals surface area contributed by atoms with E-state index in [1.807, 2.05) is 73.0 Å². The summed E-state index contributed by atoms with van der Waals surface area (Å²) < 4.78 is 23.9. The number of para-hydroxylation sites is 1. The van der Waals surface area contributed by atoms with E-state index < -0.39 is 9.84 Å². The van der Waals surface area contributed by atoms with E-state index in [0.717, 1.165) is 33.4 Å². The van der Waals surface area contributed by atoms with Gasteiger partial charge in [-0.1, -0.05) is 24.3 Å². The monoisotopic (exact) mass is 556 g/mol. The fourth-order valence-corrected chi connectivity index (χ4v) is 6.49. The highest BCUT2D eigenvalue weighted by molar-refractivity contribution is 7.91. The van der Waals surface area contributed by atoms with Crippen LogP contribution in [0.2, 0.25) is 0 Å². The highest BCUT2D eigenvalue weighted by Crippen LogP contribution is 2.30. The van der Waals surface area contributed by atoms with Crippen LogP contribution < -0.4 is 10.2 Å². The number of carbonyl (C=O) groups excluding carboxylic acids is 1. The SMILES string of the molecule is Cc1ccsc1C(=O)Nc1ccc(N2CCC(S(C)(=O)=O)CC2)cc1C=Cc1n[nH]c2ccccc12.Cl. The van der Waals surface area contributed by atoms with Gasteiger partial charge in [-0.3, -0.25) is 9.89 Å². The summed E-state index contributed by atoms with van der Waals surface area (Å²) in [5.74, 6) is -0.135. The molecule has 0 spiro atoms. The van der Waals surface area contributed by atoms with E-state index in [2.05, 4.69) is 20.4 Å². The lowest BCUT2D eigenvalue weighted by Gasteiger charge is -2.33. The average Bonchev–Trinajstić information content (AvgIpc) is 3.49. The number of carbonyl (C=O) groups is 1. The molecule has 1 amide bonds. The molecule has 2 aromatic heterocycles. The normalized spacial score (nSPS) is 14.7. The van der Waals surface area contributed by atoms with Crippen LogP contribution in [0, 0.1) is 6.92 Å². The number of hydrogen-bond donors (Lipinski definition) is 2. The lowest BCUT2D eigenvalue weighted by Crippen LogP contribution is -2.39. The Morgan fingerprint density at radius 2 is 1.89 bits per heavy atom. The standard InChI is InChI=1S/C27H28N4O3S2.ClH/c1-18-13-16-35-26(18)27(32)28-23-10-8-20(31-14-11-21(12-15-31)36(2,33)34)17-19(23)7-9-25-22-5-3-4-6-24(22)29-30-25;/h3-10,13,16-17,21H,11-12,14-15H2,1-2H3,(H,28,32)(H,29,30);1H. The maximum Gasteiger partial charge on any atom is 0.266 e. The Morgan fingerprint density at radius 1 is 1.14 bits per heavy atom. The average molecular weight is 557 g/mol. The van der Waals surface area contributed by atoms with Crippen molar-refractivity contribution in [2.24, 2.45) is 0 Å². The molecule has 0 atom stereocenters. The maximum atomic E-state index is 13.0. The van der Waals surface area contributed by atoms with Crippen LogP contribution >= 0.6 is 23.7 Å². The van der Waals surface area contributed by atoms with E-state index in [1.165, 1.54) is 17.6 Å².